The SMILES string of the molecule is CC/C=C(/C(=O)N(CC)c1ccccc1)c1ccccc1. The lowest BCUT2D eigenvalue weighted by molar-refractivity contribution is -0.113. The lowest BCUT2D eigenvalue weighted by Gasteiger charge is -2.22. The second-order valence-corrected chi connectivity index (χ2v) is 4.78. The summed E-state index contributed by atoms with van der Waals surface area (Å²) in [6.45, 7) is 4.70. The molecule has 1 amide bonds. The van der Waals surface area contributed by atoms with Crippen molar-refractivity contribution in [2.45, 2.75) is 20.3 Å². The van der Waals surface area contributed by atoms with Crippen LogP contribution in [0.4, 0.5) is 5.69 Å². The number of benzene rings is 2. The second kappa shape index (κ2) is 7.44. The van der Waals surface area contributed by atoms with Gasteiger partial charge in [-0.15, -0.1) is 0 Å². The molecule has 0 heterocycles. The minimum atomic E-state index is 0.0525. The number of hydrogen-bond donors (Lipinski definition) is 0. The van der Waals surface area contributed by atoms with Crippen LogP contribution < -0.4 is 4.90 Å². The molecule has 0 aliphatic heterocycles. The molecule has 2 aromatic carbocycles. The van der Waals surface area contributed by atoms with Crippen LogP contribution in [0.25, 0.3) is 5.57 Å². The highest BCUT2D eigenvalue weighted by Crippen LogP contribution is 2.22. The Kier molecular flexibility index (Phi) is 5.33. The van der Waals surface area contributed by atoms with Gasteiger partial charge in [0.25, 0.3) is 5.91 Å². The van der Waals surface area contributed by atoms with Gasteiger partial charge >= 0.3 is 0 Å². The van der Waals surface area contributed by atoms with Gasteiger partial charge in [-0.25, -0.2) is 0 Å². The predicted octanol–water partition coefficient (Wildman–Crippen LogP) is 4.53. The smallest absolute Gasteiger partial charge is 0.258 e. The van der Waals surface area contributed by atoms with E-state index in [-0.39, 0.29) is 5.91 Å². The average molecular weight is 279 g/mol. The van der Waals surface area contributed by atoms with Crippen molar-refractivity contribution in [3.63, 3.8) is 0 Å². The highest BCUT2D eigenvalue weighted by Gasteiger charge is 2.19. The van der Waals surface area contributed by atoms with E-state index in [9.17, 15) is 4.79 Å². The molecule has 2 aromatic rings. The van der Waals surface area contributed by atoms with Crippen LogP contribution in [0.3, 0.4) is 0 Å². The number of rotatable bonds is 5. The Labute approximate surface area is 126 Å². The summed E-state index contributed by atoms with van der Waals surface area (Å²) in [5.74, 6) is 0.0525. The number of likely N-dealkylation sites (N-methyl/N-ethyl adjacent to an activating group) is 1. The molecule has 0 aromatic heterocycles. The van der Waals surface area contributed by atoms with E-state index >= 15 is 0 Å². The zero-order valence-electron chi connectivity index (χ0n) is 12.6. The molecule has 2 heteroatoms. The fraction of sp³-hybridized carbons (Fsp3) is 0.211. The van der Waals surface area contributed by atoms with Crippen molar-refractivity contribution in [1.82, 2.24) is 0 Å². The van der Waals surface area contributed by atoms with Crippen molar-refractivity contribution in [3.05, 3.63) is 72.3 Å². The summed E-state index contributed by atoms with van der Waals surface area (Å²) in [4.78, 5) is 14.7. The largest absolute Gasteiger partial charge is 0.309 e. The van der Waals surface area contributed by atoms with Gasteiger partial charge < -0.3 is 4.90 Å². The first-order valence-corrected chi connectivity index (χ1v) is 7.40. The Morgan fingerprint density at radius 1 is 0.952 bits per heavy atom. The first-order chi connectivity index (χ1) is 10.3. The minimum Gasteiger partial charge on any atom is -0.309 e. The van der Waals surface area contributed by atoms with Gasteiger partial charge in [0.05, 0.1) is 0 Å². The Balaban J connectivity index is 2.37. The van der Waals surface area contributed by atoms with Gasteiger partial charge in [0, 0.05) is 17.8 Å². The molecule has 0 N–H and O–H groups in total. The summed E-state index contributed by atoms with van der Waals surface area (Å²) in [7, 11) is 0. The van der Waals surface area contributed by atoms with Gasteiger partial charge in [0.1, 0.15) is 0 Å². The molecule has 108 valence electrons. The third-order valence-electron chi connectivity index (χ3n) is 3.35. The predicted molar refractivity (Wildman–Crippen MR) is 89.2 cm³/mol. The Bertz CT molecular complexity index is 602. The van der Waals surface area contributed by atoms with E-state index in [0.717, 1.165) is 23.2 Å². The second-order valence-electron chi connectivity index (χ2n) is 4.78. The van der Waals surface area contributed by atoms with Crippen molar-refractivity contribution in [2.75, 3.05) is 11.4 Å². The van der Waals surface area contributed by atoms with Gasteiger partial charge in [-0.3, -0.25) is 4.79 Å². The number of nitrogens with zero attached hydrogens (tertiary/aromatic N) is 1. The first-order valence-electron chi connectivity index (χ1n) is 7.40. The van der Waals surface area contributed by atoms with E-state index in [1.165, 1.54) is 0 Å². The molecule has 0 saturated carbocycles. The molecule has 0 fully saturated rings. The third-order valence-corrected chi connectivity index (χ3v) is 3.35. The number of para-hydroxylation sites is 1. The topological polar surface area (TPSA) is 20.3 Å². The molecule has 0 saturated heterocycles. The van der Waals surface area contributed by atoms with E-state index in [2.05, 4.69) is 6.92 Å². The zero-order valence-corrected chi connectivity index (χ0v) is 12.6. The first kappa shape index (κ1) is 15.0. The average Bonchev–Trinajstić information content (AvgIpc) is 2.55. The van der Waals surface area contributed by atoms with Crippen LogP contribution in [0.1, 0.15) is 25.8 Å². The van der Waals surface area contributed by atoms with E-state index in [1.54, 1.807) is 0 Å². The van der Waals surface area contributed by atoms with Crippen LogP contribution in [-0.2, 0) is 4.79 Å². The van der Waals surface area contributed by atoms with E-state index < -0.39 is 0 Å². The quantitative estimate of drug-likeness (QED) is 0.736. The number of amides is 1. The normalized spacial score (nSPS) is 11.2. The maximum absolute atomic E-state index is 12.9. The van der Waals surface area contributed by atoms with Gasteiger partial charge in [0.15, 0.2) is 0 Å². The molecule has 0 aliphatic carbocycles. The van der Waals surface area contributed by atoms with Crippen molar-refractivity contribution in [2.24, 2.45) is 0 Å². The van der Waals surface area contributed by atoms with Crippen LogP contribution in [0.15, 0.2) is 66.7 Å². The Morgan fingerprint density at radius 2 is 1.52 bits per heavy atom. The molecule has 21 heavy (non-hydrogen) atoms. The Hall–Kier alpha value is -2.35. The molecular formula is C19H21NO. The summed E-state index contributed by atoms with van der Waals surface area (Å²) in [6.07, 6.45) is 2.84. The van der Waals surface area contributed by atoms with Crippen molar-refractivity contribution >= 4 is 17.2 Å². The summed E-state index contributed by atoms with van der Waals surface area (Å²) in [6, 6.07) is 19.7. The lowest BCUT2D eigenvalue weighted by atomic mass is 10.0. The molecule has 0 atom stereocenters. The van der Waals surface area contributed by atoms with Gasteiger partial charge in [0.2, 0.25) is 0 Å². The maximum atomic E-state index is 12.9. The summed E-state index contributed by atoms with van der Waals surface area (Å²) in [5.41, 5.74) is 2.67. The number of carbonyl (C=O) groups is 1. The standard InChI is InChI=1S/C19H21NO/c1-3-11-18(16-12-7-5-8-13-16)19(21)20(4-2)17-14-9-6-10-15-17/h5-15H,3-4H2,1-2H3/b18-11+. The summed E-state index contributed by atoms with van der Waals surface area (Å²) < 4.78 is 0. The van der Waals surface area contributed by atoms with Gasteiger partial charge in [-0.1, -0.05) is 61.5 Å². The molecule has 0 radical (unpaired) electrons. The molecule has 2 nitrogen and oxygen atoms in total. The van der Waals surface area contributed by atoms with E-state index in [0.29, 0.717) is 6.54 Å². The zero-order chi connectivity index (χ0) is 15.1. The number of allylic oxidation sites excluding steroid dienone is 1. The minimum absolute atomic E-state index is 0.0525. The number of carbonyl (C=O) groups excluding carboxylic acids is 1. The third kappa shape index (κ3) is 3.60. The highest BCUT2D eigenvalue weighted by molar-refractivity contribution is 6.26. The highest BCUT2D eigenvalue weighted by atomic mass is 16.2. The molecule has 0 aliphatic rings. The van der Waals surface area contributed by atoms with Gasteiger partial charge in [-0.05, 0) is 31.0 Å². The molecule has 2 rings (SSSR count). The van der Waals surface area contributed by atoms with Crippen LogP contribution in [0, 0.1) is 0 Å². The number of anilines is 1. The van der Waals surface area contributed by atoms with Crippen molar-refractivity contribution in [3.8, 4) is 0 Å². The van der Waals surface area contributed by atoms with Crippen LogP contribution in [0.5, 0.6) is 0 Å². The molecule has 0 spiro atoms. The summed E-state index contributed by atoms with van der Waals surface area (Å²) in [5, 5.41) is 0. The maximum Gasteiger partial charge on any atom is 0.258 e. The van der Waals surface area contributed by atoms with Crippen LogP contribution in [0.2, 0.25) is 0 Å². The fourth-order valence-corrected chi connectivity index (χ4v) is 2.35. The van der Waals surface area contributed by atoms with E-state index in [1.807, 2.05) is 78.6 Å². The van der Waals surface area contributed by atoms with Crippen molar-refractivity contribution in [1.29, 1.82) is 0 Å². The molecule has 0 bridgehead atoms. The molecule has 0 unspecified atom stereocenters. The van der Waals surface area contributed by atoms with Crippen molar-refractivity contribution < 1.29 is 4.79 Å². The number of hydrogen-bond acceptors (Lipinski definition) is 1. The monoisotopic (exact) mass is 279 g/mol. The van der Waals surface area contributed by atoms with Crippen LogP contribution in [-0.4, -0.2) is 12.5 Å². The van der Waals surface area contributed by atoms with Crippen LogP contribution >= 0.6 is 0 Å². The summed E-state index contributed by atoms with van der Waals surface area (Å²) >= 11 is 0. The fourth-order valence-electron chi connectivity index (χ4n) is 2.35. The van der Waals surface area contributed by atoms with E-state index in [4.69, 9.17) is 0 Å². The molecular weight excluding hydrogens is 258 g/mol. The van der Waals surface area contributed by atoms with Gasteiger partial charge in [-0.2, -0.15) is 0 Å². The lowest BCUT2D eigenvalue weighted by Crippen LogP contribution is -2.31. The Morgan fingerprint density at radius 3 is 2.05 bits per heavy atom.